The first-order chi connectivity index (χ1) is 19.0. The average molecular weight is 533 g/mol. The van der Waals surface area contributed by atoms with Crippen LogP contribution in [-0.4, -0.2) is 62.5 Å². The van der Waals surface area contributed by atoms with Gasteiger partial charge < -0.3 is 33.9 Å². The van der Waals surface area contributed by atoms with Crippen molar-refractivity contribution in [3.8, 4) is 23.0 Å². The van der Waals surface area contributed by atoms with E-state index in [1.54, 1.807) is 44.6 Å². The number of carbonyl (C=O) groups excluding carboxylic acids is 1. The van der Waals surface area contributed by atoms with E-state index in [1.165, 1.54) is 0 Å². The van der Waals surface area contributed by atoms with Crippen LogP contribution in [0.1, 0.15) is 17.5 Å². The van der Waals surface area contributed by atoms with Crippen LogP contribution in [0, 0.1) is 0 Å². The van der Waals surface area contributed by atoms with Gasteiger partial charge in [0, 0.05) is 37.3 Å². The van der Waals surface area contributed by atoms with Crippen molar-refractivity contribution in [1.29, 1.82) is 0 Å². The maximum atomic E-state index is 13.4. The van der Waals surface area contributed by atoms with E-state index in [2.05, 4.69) is 6.58 Å². The number of aliphatic hydroxyl groups is 1. The summed E-state index contributed by atoms with van der Waals surface area (Å²) in [6.07, 6.45) is 1.19. The minimum Gasteiger partial charge on any atom is -0.497 e. The first kappa shape index (κ1) is 27.9. The van der Waals surface area contributed by atoms with Gasteiger partial charge in [-0.25, -0.2) is 0 Å². The Labute approximate surface area is 230 Å². The molecule has 0 saturated heterocycles. The summed E-state index contributed by atoms with van der Waals surface area (Å²) < 4.78 is 22.7. The summed E-state index contributed by atoms with van der Waals surface area (Å²) in [4.78, 5) is 17.2. The fourth-order valence-corrected chi connectivity index (χ4v) is 4.60. The molecule has 206 valence electrons. The molecule has 3 aromatic carbocycles. The zero-order chi connectivity index (χ0) is 27.6. The summed E-state index contributed by atoms with van der Waals surface area (Å²) in [6.45, 7) is 5.69. The summed E-state index contributed by atoms with van der Waals surface area (Å²) in [5, 5.41) is 10.9. The van der Waals surface area contributed by atoms with Gasteiger partial charge in [-0.3, -0.25) is 4.79 Å². The summed E-state index contributed by atoms with van der Waals surface area (Å²) in [5.41, 5.74) is 2.75. The van der Waals surface area contributed by atoms with Gasteiger partial charge in [0.25, 0.3) is 0 Å². The van der Waals surface area contributed by atoms with Gasteiger partial charge in [0.1, 0.15) is 30.8 Å². The van der Waals surface area contributed by atoms with Crippen molar-refractivity contribution in [2.75, 3.05) is 45.4 Å². The third kappa shape index (κ3) is 7.23. The van der Waals surface area contributed by atoms with E-state index >= 15 is 0 Å². The van der Waals surface area contributed by atoms with Gasteiger partial charge in [-0.1, -0.05) is 43.0 Å². The van der Waals surface area contributed by atoms with Crippen LogP contribution in [0.3, 0.4) is 0 Å². The highest BCUT2D eigenvalue weighted by Crippen LogP contribution is 2.40. The Morgan fingerprint density at radius 1 is 0.949 bits per heavy atom. The second-order valence-electron chi connectivity index (χ2n) is 9.27. The highest BCUT2D eigenvalue weighted by Gasteiger charge is 2.28. The minimum absolute atomic E-state index is 0.0240. The highest BCUT2D eigenvalue weighted by molar-refractivity contribution is 5.79. The van der Waals surface area contributed by atoms with E-state index in [1.807, 2.05) is 52.3 Å². The van der Waals surface area contributed by atoms with Gasteiger partial charge in [0.05, 0.1) is 20.8 Å². The standard InChI is InChI=1S/C31H36N2O6/c1-4-18-38-31-27-21-33(19-23-8-6-5-7-9-23)30(35)16-17-32(28(27)14-15-29(31)37-3)20-24(34)22-39-26-12-10-25(36-2)11-13-26/h4-15,24,34H,1,16-22H2,2-3H3. The summed E-state index contributed by atoms with van der Waals surface area (Å²) in [5.74, 6) is 2.54. The molecule has 0 aromatic heterocycles. The van der Waals surface area contributed by atoms with E-state index in [-0.39, 0.29) is 25.7 Å². The van der Waals surface area contributed by atoms with Crippen molar-refractivity contribution in [2.24, 2.45) is 0 Å². The molecule has 8 nitrogen and oxygen atoms in total. The fraction of sp³-hybridized carbons (Fsp3) is 0.323. The number of carbonyl (C=O) groups is 1. The number of rotatable bonds is 12. The molecule has 39 heavy (non-hydrogen) atoms. The summed E-state index contributed by atoms with van der Waals surface area (Å²) in [7, 11) is 3.20. The van der Waals surface area contributed by atoms with Crippen LogP contribution in [0.2, 0.25) is 0 Å². The molecule has 1 atom stereocenters. The molecule has 8 heteroatoms. The highest BCUT2D eigenvalue weighted by atomic mass is 16.5. The Morgan fingerprint density at radius 3 is 2.38 bits per heavy atom. The van der Waals surface area contributed by atoms with E-state index in [0.29, 0.717) is 43.3 Å². The monoisotopic (exact) mass is 532 g/mol. The number of nitrogens with zero attached hydrogens (tertiary/aromatic N) is 2. The molecule has 4 rings (SSSR count). The number of benzene rings is 3. The summed E-state index contributed by atoms with van der Waals surface area (Å²) >= 11 is 0. The van der Waals surface area contributed by atoms with Gasteiger partial charge in [0.15, 0.2) is 11.5 Å². The lowest BCUT2D eigenvalue weighted by molar-refractivity contribution is -0.132. The van der Waals surface area contributed by atoms with Crippen LogP contribution in [0.25, 0.3) is 0 Å². The number of anilines is 1. The lowest BCUT2D eigenvalue weighted by Crippen LogP contribution is -2.42. The molecule has 0 fully saturated rings. The Morgan fingerprint density at radius 2 is 1.69 bits per heavy atom. The molecule has 0 radical (unpaired) electrons. The van der Waals surface area contributed by atoms with Crippen LogP contribution in [0.4, 0.5) is 5.69 Å². The molecular formula is C31H36N2O6. The lowest BCUT2D eigenvalue weighted by atomic mass is 10.0. The van der Waals surface area contributed by atoms with Crippen LogP contribution in [0.5, 0.6) is 23.0 Å². The third-order valence-electron chi connectivity index (χ3n) is 6.55. The van der Waals surface area contributed by atoms with Crippen molar-refractivity contribution in [2.45, 2.75) is 25.6 Å². The average Bonchev–Trinajstić information content (AvgIpc) is 2.97. The SMILES string of the molecule is C=CCOc1c(OC)ccc2c1CN(Cc1ccccc1)C(=O)CCN2CC(O)COc1ccc(OC)cc1. The molecule has 3 aromatic rings. The quantitative estimate of drug-likeness (QED) is 0.345. The molecule has 0 spiro atoms. The molecule has 1 aliphatic rings. The number of hydrogen-bond acceptors (Lipinski definition) is 7. The first-order valence-corrected chi connectivity index (χ1v) is 13.0. The number of ether oxygens (including phenoxy) is 4. The number of fused-ring (bicyclic) bond motifs is 1. The van der Waals surface area contributed by atoms with E-state index in [9.17, 15) is 9.90 Å². The molecule has 1 amide bonds. The Bertz CT molecular complexity index is 1230. The van der Waals surface area contributed by atoms with Gasteiger partial charge in [0.2, 0.25) is 5.91 Å². The molecule has 1 heterocycles. The van der Waals surface area contributed by atoms with Crippen molar-refractivity contribution in [3.63, 3.8) is 0 Å². The molecule has 0 saturated carbocycles. The maximum absolute atomic E-state index is 13.4. The number of aliphatic hydroxyl groups excluding tert-OH is 1. The van der Waals surface area contributed by atoms with Crippen LogP contribution >= 0.6 is 0 Å². The third-order valence-corrected chi connectivity index (χ3v) is 6.55. The Hall–Kier alpha value is -4.17. The normalized spacial score (nSPS) is 14.1. The molecular weight excluding hydrogens is 496 g/mol. The number of amides is 1. The topological polar surface area (TPSA) is 80.7 Å². The maximum Gasteiger partial charge on any atom is 0.224 e. The van der Waals surface area contributed by atoms with E-state index in [0.717, 1.165) is 22.6 Å². The Balaban J connectivity index is 1.59. The van der Waals surface area contributed by atoms with Crippen molar-refractivity contribution in [3.05, 3.63) is 90.5 Å². The van der Waals surface area contributed by atoms with Gasteiger partial charge in [-0.15, -0.1) is 0 Å². The molecule has 1 aliphatic heterocycles. The van der Waals surface area contributed by atoms with E-state index < -0.39 is 6.10 Å². The smallest absolute Gasteiger partial charge is 0.224 e. The molecule has 1 unspecified atom stereocenters. The molecule has 1 N–H and O–H groups in total. The summed E-state index contributed by atoms with van der Waals surface area (Å²) in [6, 6.07) is 21.0. The minimum atomic E-state index is -0.797. The van der Waals surface area contributed by atoms with Crippen molar-refractivity contribution in [1.82, 2.24) is 4.90 Å². The zero-order valence-corrected chi connectivity index (χ0v) is 22.5. The molecule has 0 bridgehead atoms. The Kier molecular flexibility index (Phi) is 9.69. The number of hydrogen-bond donors (Lipinski definition) is 1. The molecule has 0 aliphatic carbocycles. The second kappa shape index (κ2) is 13.6. The largest absolute Gasteiger partial charge is 0.497 e. The zero-order valence-electron chi connectivity index (χ0n) is 22.5. The predicted molar refractivity (Wildman–Crippen MR) is 151 cm³/mol. The first-order valence-electron chi connectivity index (χ1n) is 13.0. The van der Waals surface area contributed by atoms with Crippen LogP contribution < -0.4 is 23.8 Å². The van der Waals surface area contributed by atoms with Gasteiger partial charge in [-0.2, -0.15) is 0 Å². The number of methoxy groups -OCH3 is 2. The number of β-amino-alcohol motifs (C(OH)–C–C–N with tert-alkyl or cyclic N) is 1. The predicted octanol–water partition coefficient (Wildman–Crippen LogP) is 4.45. The van der Waals surface area contributed by atoms with Gasteiger partial charge in [-0.05, 0) is 42.0 Å². The van der Waals surface area contributed by atoms with Crippen molar-refractivity contribution >= 4 is 11.6 Å². The van der Waals surface area contributed by atoms with Crippen LogP contribution in [0.15, 0.2) is 79.4 Å². The van der Waals surface area contributed by atoms with E-state index in [4.69, 9.17) is 18.9 Å². The second-order valence-corrected chi connectivity index (χ2v) is 9.27. The van der Waals surface area contributed by atoms with Gasteiger partial charge >= 0.3 is 0 Å². The van der Waals surface area contributed by atoms with Crippen LogP contribution in [-0.2, 0) is 17.9 Å². The fourth-order valence-electron chi connectivity index (χ4n) is 4.60. The van der Waals surface area contributed by atoms with Crippen molar-refractivity contribution < 1.29 is 28.8 Å². The lowest BCUT2D eigenvalue weighted by Gasteiger charge is -2.35.